The molecule has 2 aromatic rings. The SMILES string of the molecule is CC[C@H](C(=O)N[C@@H](C)CC)N(Cc1ccccc1)C(=O)CCc1ccccc1Cl. The molecule has 0 saturated carbocycles. The van der Waals surface area contributed by atoms with Gasteiger partial charge >= 0.3 is 0 Å². The highest BCUT2D eigenvalue weighted by atomic mass is 35.5. The summed E-state index contributed by atoms with van der Waals surface area (Å²) < 4.78 is 0. The Hall–Kier alpha value is -2.33. The zero-order valence-corrected chi connectivity index (χ0v) is 18.3. The number of aryl methyl sites for hydroxylation is 1. The number of halogens is 1. The smallest absolute Gasteiger partial charge is 0.243 e. The van der Waals surface area contributed by atoms with Crippen molar-refractivity contribution in [2.24, 2.45) is 0 Å². The molecule has 2 atom stereocenters. The second-order valence-electron chi connectivity index (χ2n) is 7.34. The normalized spacial score (nSPS) is 12.8. The van der Waals surface area contributed by atoms with Crippen molar-refractivity contribution in [3.05, 3.63) is 70.7 Å². The van der Waals surface area contributed by atoms with Crippen LogP contribution in [0.4, 0.5) is 0 Å². The Bertz CT molecular complexity index is 794. The maximum atomic E-state index is 13.2. The minimum atomic E-state index is -0.497. The predicted octanol–water partition coefficient (Wildman–Crippen LogP) is 4.99. The fourth-order valence-electron chi connectivity index (χ4n) is 3.23. The molecular weight excluding hydrogens is 384 g/mol. The van der Waals surface area contributed by atoms with Gasteiger partial charge in [-0.25, -0.2) is 0 Å². The van der Waals surface area contributed by atoms with E-state index in [4.69, 9.17) is 11.6 Å². The third-order valence-corrected chi connectivity index (χ3v) is 5.52. The van der Waals surface area contributed by atoms with Crippen LogP contribution in [0.5, 0.6) is 0 Å². The topological polar surface area (TPSA) is 49.4 Å². The van der Waals surface area contributed by atoms with Crippen molar-refractivity contribution in [3.63, 3.8) is 0 Å². The van der Waals surface area contributed by atoms with Crippen molar-refractivity contribution < 1.29 is 9.59 Å². The number of benzene rings is 2. The van der Waals surface area contributed by atoms with E-state index >= 15 is 0 Å². The van der Waals surface area contributed by atoms with Gasteiger partial charge in [-0.3, -0.25) is 9.59 Å². The Morgan fingerprint density at radius 1 is 1.00 bits per heavy atom. The molecule has 0 aliphatic rings. The largest absolute Gasteiger partial charge is 0.352 e. The molecule has 0 saturated heterocycles. The van der Waals surface area contributed by atoms with Crippen molar-refractivity contribution in [1.82, 2.24) is 10.2 Å². The van der Waals surface area contributed by atoms with E-state index in [9.17, 15) is 9.59 Å². The monoisotopic (exact) mass is 414 g/mol. The van der Waals surface area contributed by atoms with E-state index in [-0.39, 0.29) is 17.9 Å². The lowest BCUT2D eigenvalue weighted by Crippen LogP contribution is -2.50. The van der Waals surface area contributed by atoms with Crippen LogP contribution >= 0.6 is 11.6 Å². The van der Waals surface area contributed by atoms with Crippen LogP contribution in [0, 0.1) is 0 Å². The van der Waals surface area contributed by atoms with Gasteiger partial charge in [-0.1, -0.05) is 74.0 Å². The maximum absolute atomic E-state index is 13.2. The number of nitrogens with one attached hydrogen (secondary N) is 1. The fraction of sp³-hybridized carbons (Fsp3) is 0.417. The molecule has 0 aliphatic carbocycles. The first kappa shape index (κ1) is 23.0. The highest BCUT2D eigenvalue weighted by molar-refractivity contribution is 6.31. The molecule has 0 aromatic heterocycles. The molecule has 5 heteroatoms. The van der Waals surface area contributed by atoms with Gasteiger partial charge in [-0.15, -0.1) is 0 Å². The van der Waals surface area contributed by atoms with Crippen molar-refractivity contribution in [2.45, 2.75) is 65.1 Å². The summed E-state index contributed by atoms with van der Waals surface area (Å²) in [7, 11) is 0. The minimum absolute atomic E-state index is 0.0417. The lowest BCUT2D eigenvalue weighted by molar-refractivity contribution is -0.141. The van der Waals surface area contributed by atoms with Gasteiger partial charge in [0.05, 0.1) is 0 Å². The average Bonchev–Trinajstić information content (AvgIpc) is 2.73. The molecular formula is C24H31ClN2O2. The quantitative estimate of drug-likeness (QED) is 0.595. The first-order chi connectivity index (χ1) is 14.0. The standard InChI is InChI=1S/C24H31ClN2O2/c1-4-18(3)26-24(29)22(5-2)27(17-19-11-7-6-8-12-19)23(28)16-15-20-13-9-10-14-21(20)25/h6-14,18,22H,4-5,15-17H2,1-3H3,(H,26,29)/t18-,22+/m0/s1. The van der Waals surface area contributed by atoms with Gasteiger partial charge < -0.3 is 10.2 Å². The number of amides is 2. The number of rotatable bonds is 10. The molecule has 2 rings (SSSR count). The number of carbonyl (C=O) groups excluding carboxylic acids is 2. The predicted molar refractivity (Wildman–Crippen MR) is 119 cm³/mol. The maximum Gasteiger partial charge on any atom is 0.243 e. The van der Waals surface area contributed by atoms with Gasteiger partial charge in [-0.05, 0) is 43.4 Å². The first-order valence-corrected chi connectivity index (χ1v) is 10.7. The lowest BCUT2D eigenvalue weighted by atomic mass is 10.1. The molecule has 0 unspecified atom stereocenters. The van der Waals surface area contributed by atoms with Crippen molar-refractivity contribution in [3.8, 4) is 0 Å². The highest BCUT2D eigenvalue weighted by Crippen LogP contribution is 2.19. The summed E-state index contributed by atoms with van der Waals surface area (Å²) in [4.78, 5) is 27.8. The van der Waals surface area contributed by atoms with Gasteiger partial charge in [0, 0.05) is 24.0 Å². The lowest BCUT2D eigenvalue weighted by Gasteiger charge is -2.31. The van der Waals surface area contributed by atoms with E-state index in [1.165, 1.54) is 0 Å². The van der Waals surface area contributed by atoms with E-state index in [1.807, 2.05) is 75.4 Å². The van der Waals surface area contributed by atoms with Gasteiger partial charge in [0.1, 0.15) is 6.04 Å². The molecule has 0 aliphatic heterocycles. The van der Waals surface area contributed by atoms with Crippen LogP contribution in [0.2, 0.25) is 5.02 Å². The Kier molecular flexibility index (Phi) is 9.20. The van der Waals surface area contributed by atoms with Crippen LogP contribution in [0.15, 0.2) is 54.6 Å². The molecule has 0 fully saturated rings. The first-order valence-electron chi connectivity index (χ1n) is 10.3. The highest BCUT2D eigenvalue weighted by Gasteiger charge is 2.29. The summed E-state index contributed by atoms with van der Waals surface area (Å²) in [5, 5.41) is 3.69. The van der Waals surface area contributed by atoms with Crippen LogP contribution in [-0.4, -0.2) is 28.8 Å². The summed E-state index contributed by atoms with van der Waals surface area (Å²) in [6, 6.07) is 16.9. The van der Waals surface area contributed by atoms with Gasteiger partial charge in [0.15, 0.2) is 0 Å². The van der Waals surface area contributed by atoms with Crippen LogP contribution < -0.4 is 5.32 Å². The average molecular weight is 415 g/mol. The second-order valence-corrected chi connectivity index (χ2v) is 7.75. The minimum Gasteiger partial charge on any atom is -0.352 e. The molecule has 0 radical (unpaired) electrons. The van der Waals surface area contributed by atoms with Gasteiger partial charge in [0.2, 0.25) is 11.8 Å². The zero-order chi connectivity index (χ0) is 21.2. The molecule has 0 spiro atoms. The van der Waals surface area contributed by atoms with E-state index in [1.54, 1.807) is 4.90 Å². The molecule has 29 heavy (non-hydrogen) atoms. The third kappa shape index (κ3) is 6.90. The summed E-state index contributed by atoms with van der Waals surface area (Å²) >= 11 is 6.24. The molecule has 156 valence electrons. The summed E-state index contributed by atoms with van der Waals surface area (Å²) in [6.45, 7) is 6.36. The fourth-order valence-corrected chi connectivity index (χ4v) is 3.46. The van der Waals surface area contributed by atoms with E-state index in [0.717, 1.165) is 17.5 Å². The number of nitrogens with zero attached hydrogens (tertiary/aromatic N) is 1. The van der Waals surface area contributed by atoms with Crippen molar-refractivity contribution in [2.75, 3.05) is 0 Å². The van der Waals surface area contributed by atoms with Crippen LogP contribution in [-0.2, 0) is 22.6 Å². The third-order valence-electron chi connectivity index (χ3n) is 5.15. The zero-order valence-electron chi connectivity index (χ0n) is 17.5. The Balaban J connectivity index is 2.19. The Labute approximate surface area is 179 Å². The number of carbonyl (C=O) groups is 2. The Morgan fingerprint density at radius 3 is 2.28 bits per heavy atom. The molecule has 2 aromatic carbocycles. The van der Waals surface area contributed by atoms with Crippen molar-refractivity contribution >= 4 is 23.4 Å². The van der Waals surface area contributed by atoms with Crippen LogP contribution in [0.3, 0.4) is 0 Å². The van der Waals surface area contributed by atoms with Crippen LogP contribution in [0.25, 0.3) is 0 Å². The van der Waals surface area contributed by atoms with Gasteiger partial charge in [0.25, 0.3) is 0 Å². The number of hydrogen-bond acceptors (Lipinski definition) is 2. The van der Waals surface area contributed by atoms with Gasteiger partial charge in [-0.2, -0.15) is 0 Å². The van der Waals surface area contributed by atoms with Crippen LogP contribution in [0.1, 0.15) is 51.2 Å². The molecule has 4 nitrogen and oxygen atoms in total. The molecule has 2 amide bonds. The van der Waals surface area contributed by atoms with E-state index in [0.29, 0.717) is 30.8 Å². The molecule has 0 bridgehead atoms. The van der Waals surface area contributed by atoms with E-state index < -0.39 is 6.04 Å². The molecule has 0 heterocycles. The second kappa shape index (κ2) is 11.6. The summed E-state index contributed by atoms with van der Waals surface area (Å²) in [6.07, 6.45) is 2.27. The summed E-state index contributed by atoms with van der Waals surface area (Å²) in [5.74, 6) is -0.135. The number of hydrogen-bond donors (Lipinski definition) is 1. The summed E-state index contributed by atoms with van der Waals surface area (Å²) in [5.41, 5.74) is 1.95. The van der Waals surface area contributed by atoms with E-state index in [2.05, 4.69) is 5.32 Å². The van der Waals surface area contributed by atoms with Crippen molar-refractivity contribution in [1.29, 1.82) is 0 Å². The Morgan fingerprint density at radius 2 is 1.66 bits per heavy atom. The molecule has 1 N–H and O–H groups in total.